The average molecular weight is 300 g/mol. The van der Waals surface area contributed by atoms with E-state index in [1.54, 1.807) is 6.07 Å². The third-order valence-corrected chi connectivity index (χ3v) is 2.49. The number of carbonyl (C=O) groups is 1. The summed E-state index contributed by atoms with van der Waals surface area (Å²) in [6.07, 6.45) is 0. The Morgan fingerprint density at radius 2 is 2.05 bits per heavy atom. The van der Waals surface area contributed by atoms with Crippen LogP contribution in [0.2, 0.25) is 5.15 Å². The fourth-order valence-corrected chi connectivity index (χ4v) is 1.66. The lowest BCUT2D eigenvalue weighted by Gasteiger charge is -2.19. The normalized spacial score (nSPS) is 11.6. The monoisotopic (exact) mass is 299 g/mol. The van der Waals surface area contributed by atoms with Crippen molar-refractivity contribution < 1.29 is 9.53 Å². The van der Waals surface area contributed by atoms with E-state index in [2.05, 4.69) is 10.3 Å². The highest BCUT2D eigenvalue weighted by molar-refractivity contribution is 6.29. The van der Waals surface area contributed by atoms with Gasteiger partial charge in [0, 0.05) is 13.1 Å². The van der Waals surface area contributed by atoms with Gasteiger partial charge in [-0.25, -0.2) is 9.78 Å². The van der Waals surface area contributed by atoms with Crippen LogP contribution in [0.15, 0.2) is 12.1 Å². The minimum absolute atomic E-state index is 0.265. The molecule has 1 aromatic rings. The molecule has 0 saturated heterocycles. The summed E-state index contributed by atoms with van der Waals surface area (Å²) in [4.78, 5) is 18.2. The van der Waals surface area contributed by atoms with Crippen molar-refractivity contribution in [3.05, 3.63) is 22.8 Å². The highest BCUT2D eigenvalue weighted by atomic mass is 35.5. The molecular formula is C14H22ClN3O2. The van der Waals surface area contributed by atoms with Crippen LogP contribution in [0.25, 0.3) is 0 Å². The van der Waals surface area contributed by atoms with Crippen molar-refractivity contribution in [2.24, 2.45) is 0 Å². The van der Waals surface area contributed by atoms with Crippen LogP contribution in [-0.4, -0.2) is 48.6 Å². The number of ether oxygens (including phenoxy) is 1. The molecule has 6 heteroatoms. The summed E-state index contributed by atoms with van der Waals surface area (Å²) in [5, 5.41) is 3.39. The Hall–Kier alpha value is -1.33. The number of halogens is 1. The summed E-state index contributed by atoms with van der Waals surface area (Å²) in [6.45, 7) is 7.04. The lowest BCUT2D eigenvalue weighted by atomic mass is 10.2. The number of esters is 1. The predicted molar refractivity (Wildman–Crippen MR) is 81.5 cm³/mol. The predicted octanol–water partition coefficient (Wildman–Crippen LogP) is 2.66. The van der Waals surface area contributed by atoms with Gasteiger partial charge in [0.05, 0.1) is 5.56 Å². The van der Waals surface area contributed by atoms with E-state index in [1.807, 2.05) is 39.8 Å². The molecule has 0 unspecified atom stereocenters. The number of aromatic nitrogens is 1. The lowest BCUT2D eigenvalue weighted by Crippen LogP contribution is -2.24. The Morgan fingerprint density at radius 1 is 1.40 bits per heavy atom. The largest absolute Gasteiger partial charge is 0.456 e. The second-order valence-electron chi connectivity index (χ2n) is 5.80. The molecular weight excluding hydrogens is 278 g/mol. The van der Waals surface area contributed by atoms with Gasteiger partial charge in [-0.1, -0.05) is 11.6 Å². The van der Waals surface area contributed by atoms with E-state index in [0.29, 0.717) is 17.9 Å². The zero-order chi connectivity index (χ0) is 15.3. The highest BCUT2D eigenvalue weighted by Crippen LogP contribution is 2.18. The summed E-state index contributed by atoms with van der Waals surface area (Å²) >= 11 is 5.94. The molecule has 0 aliphatic carbocycles. The first-order valence-electron chi connectivity index (χ1n) is 6.47. The van der Waals surface area contributed by atoms with Gasteiger partial charge in [0.2, 0.25) is 0 Å². The number of nitrogens with one attached hydrogen (secondary N) is 1. The number of pyridine rings is 1. The van der Waals surface area contributed by atoms with Crippen LogP contribution in [0.5, 0.6) is 0 Å². The first kappa shape index (κ1) is 16.7. The van der Waals surface area contributed by atoms with Crippen LogP contribution in [0.1, 0.15) is 31.1 Å². The summed E-state index contributed by atoms with van der Waals surface area (Å²) in [6, 6.07) is 3.16. The highest BCUT2D eigenvalue weighted by Gasteiger charge is 2.19. The van der Waals surface area contributed by atoms with Crippen molar-refractivity contribution in [2.75, 3.05) is 32.5 Å². The summed E-state index contributed by atoms with van der Waals surface area (Å²) in [7, 11) is 3.97. The van der Waals surface area contributed by atoms with Crippen LogP contribution in [0, 0.1) is 0 Å². The number of hydrogen-bond acceptors (Lipinski definition) is 5. The van der Waals surface area contributed by atoms with Gasteiger partial charge in [0.25, 0.3) is 0 Å². The van der Waals surface area contributed by atoms with Gasteiger partial charge in [-0.15, -0.1) is 0 Å². The SMILES string of the molecule is CN(C)CCNc1cc(C(=O)OC(C)(C)C)cc(Cl)n1. The summed E-state index contributed by atoms with van der Waals surface area (Å²) < 4.78 is 5.32. The molecule has 0 aliphatic rings. The molecule has 0 aromatic carbocycles. The van der Waals surface area contributed by atoms with Crippen LogP contribution >= 0.6 is 11.6 Å². The minimum Gasteiger partial charge on any atom is -0.456 e. The van der Waals surface area contributed by atoms with E-state index >= 15 is 0 Å². The molecule has 5 nitrogen and oxygen atoms in total. The topological polar surface area (TPSA) is 54.5 Å². The van der Waals surface area contributed by atoms with E-state index in [1.165, 1.54) is 6.07 Å². The second-order valence-corrected chi connectivity index (χ2v) is 6.18. The number of anilines is 1. The Balaban J connectivity index is 2.78. The van der Waals surface area contributed by atoms with Crippen molar-refractivity contribution in [2.45, 2.75) is 26.4 Å². The van der Waals surface area contributed by atoms with Gasteiger partial charge in [0.1, 0.15) is 16.6 Å². The zero-order valence-corrected chi connectivity index (χ0v) is 13.4. The zero-order valence-electron chi connectivity index (χ0n) is 12.7. The number of likely N-dealkylation sites (N-methyl/N-ethyl adjacent to an activating group) is 1. The molecule has 1 N–H and O–H groups in total. The van der Waals surface area contributed by atoms with Gasteiger partial charge in [-0.2, -0.15) is 0 Å². The molecule has 0 radical (unpaired) electrons. The smallest absolute Gasteiger partial charge is 0.338 e. The quantitative estimate of drug-likeness (QED) is 0.669. The van der Waals surface area contributed by atoms with E-state index in [0.717, 1.165) is 6.54 Å². The fourth-order valence-electron chi connectivity index (χ4n) is 1.45. The minimum atomic E-state index is -0.536. The van der Waals surface area contributed by atoms with Crippen molar-refractivity contribution >= 4 is 23.4 Å². The van der Waals surface area contributed by atoms with Gasteiger partial charge < -0.3 is 15.0 Å². The summed E-state index contributed by atoms with van der Waals surface area (Å²) in [5.41, 5.74) is -0.141. The molecule has 112 valence electrons. The molecule has 0 fully saturated rings. The molecule has 20 heavy (non-hydrogen) atoms. The molecule has 1 aromatic heterocycles. The van der Waals surface area contributed by atoms with Crippen molar-refractivity contribution in [1.29, 1.82) is 0 Å². The molecule has 0 bridgehead atoms. The maximum absolute atomic E-state index is 12.0. The maximum atomic E-state index is 12.0. The van der Waals surface area contributed by atoms with E-state index in [4.69, 9.17) is 16.3 Å². The maximum Gasteiger partial charge on any atom is 0.338 e. The van der Waals surface area contributed by atoms with Gasteiger partial charge in [-0.3, -0.25) is 0 Å². The Bertz CT molecular complexity index is 470. The Kier molecular flexibility index (Phi) is 5.77. The first-order chi connectivity index (χ1) is 9.17. The Morgan fingerprint density at radius 3 is 2.60 bits per heavy atom. The van der Waals surface area contributed by atoms with Gasteiger partial charge in [-0.05, 0) is 47.0 Å². The fraction of sp³-hybridized carbons (Fsp3) is 0.571. The standard InChI is InChI=1S/C14H22ClN3O2/c1-14(2,3)20-13(19)10-8-11(15)17-12(9-10)16-6-7-18(4)5/h8-9H,6-7H2,1-5H3,(H,16,17). The molecule has 0 amide bonds. The molecule has 0 atom stereocenters. The Labute approximate surface area is 125 Å². The van der Waals surface area contributed by atoms with E-state index in [-0.39, 0.29) is 5.15 Å². The van der Waals surface area contributed by atoms with Crippen molar-refractivity contribution in [3.63, 3.8) is 0 Å². The number of nitrogens with zero attached hydrogens (tertiary/aromatic N) is 2. The van der Waals surface area contributed by atoms with Crippen LogP contribution in [0.4, 0.5) is 5.82 Å². The second kappa shape index (κ2) is 6.90. The number of hydrogen-bond donors (Lipinski definition) is 1. The first-order valence-corrected chi connectivity index (χ1v) is 6.85. The number of rotatable bonds is 5. The van der Waals surface area contributed by atoms with Gasteiger partial charge in [0.15, 0.2) is 0 Å². The molecule has 0 saturated carbocycles. The average Bonchev–Trinajstić information content (AvgIpc) is 2.25. The van der Waals surface area contributed by atoms with Crippen molar-refractivity contribution in [3.8, 4) is 0 Å². The van der Waals surface area contributed by atoms with Gasteiger partial charge >= 0.3 is 5.97 Å². The summed E-state index contributed by atoms with van der Waals surface area (Å²) in [5.74, 6) is 0.165. The third kappa shape index (κ3) is 6.21. The molecule has 1 heterocycles. The van der Waals surface area contributed by atoms with E-state index < -0.39 is 11.6 Å². The van der Waals surface area contributed by atoms with Crippen LogP contribution < -0.4 is 5.32 Å². The molecule has 0 aliphatic heterocycles. The van der Waals surface area contributed by atoms with Crippen LogP contribution in [0.3, 0.4) is 0 Å². The van der Waals surface area contributed by atoms with Crippen molar-refractivity contribution in [1.82, 2.24) is 9.88 Å². The lowest BCUT2D eigenvalue weighted by molar-refractivity contribution is 0.00694. The number of carbonyl (C=O) groups excluding carboxylic acids is 1. The third-order valence-electron chi connectivity index (χ3n) is 2.29. The van der Waals surface area contributed by atoms with Crippen LogP contribution in [-0.2, 0) is 4.74 Å². The van der Waals surface area contributed by atoms with E-state index in [9.17, 15) is 4.79 Å². The molecule has 0 spiro atoms. The molecule has 1 rings (SSSR count).